The van der Waals surface area contributed by atoms with E-state index >= 15 is 0 Å². The molecule has 4 heteroatoms. The highest BCUT2D eigenvalue weighted by Crippen LogP contribution is 2.11. The van der Waals surface area contributed by atoms with E-state index in [9.17, 15) is 9.59 Å². The molecule has 0 N–H and O–H groups in total. The molecule has 3 nitrogen and oxygen atoms in total. The van der Waals surface area contributed by atoms with Gasteiger partial charge in [-0.2, -0.15) is 0 Å². The van der Waals surface area contributed by atoms with Gasteiger partial charge in [0.25, 0.3) is 0 Å². The van der Waals surface area contributed by atoms with E-state index in [2.05, 4.69) is 20.7 Å². The fraction of sp³-hybridized carbons (Fsp3) is 0.385. The van der Waals surface area contributed by atoms with E-state index in [1.54, 1.807) is 0 Å². The summed E-state index contributed by atoms with van der Waals surface area (Å²) in [5.74, 6) is -0.206. The maximum absolute atomic E-state index is 11.8. The van der Waals surface area contributed by atoms with Crippen LogP contribution in [0.4, 0.5) is 0 Å². The predicted molar refractivity (Wildman–Crippen MR) is 69.3 cm³/mol. The SMILES string of the molecule is COC(=O)CCCC(=O)c1ccc(CBr)cc1. The van der Waals surface area contributed by atoms with Gasteiger partial charge in [-0.05, 0) is 12.0 Å². The van der Waals surface area contributed by atoms with Crippen molar-refractivity contribution in [3.63, 3.8) is 0 Å². The fourth-order valence-corrected chi connectivity index (χ4v) is 1.79. The van der Waals surface area contributed by atoms with Gasteiger partial charge in [0.05, 0.1) is 7.11 Å². The number of rotatable bonds is 6. The van der Waals surface area contributed by atoms with Crippen molar-refractivity contribution in [2.24, 2.45) is 0 Å². The largest absolute Gasteiger partial charge is 0.469 e. The first kappa shape index (κ1) is 13.9. The molecular formula is C13H15BrO3. The van der Waals surface area contributed by atoms with Crippen molar-refractivity contribution >= 4 is 27.7 Å². The first-order chi connectivity index (χ1) is 8.17. The molecule has 0 aliphatic carbocycles. The number of methoxy groups -OCH3 is 1. The molecule has 0 spiro atoms. The van der Waals surface area contributed by atoms with Crippen LogP contribution in [0.25, 0.3) is 0 Å². The topological polar surface area (TPSA) is 43.4 Å². The van der Waals surface area contributed by atoms with E-state index < -0.39 is 0 Å². The van der Waals surface area contributed by atoms with Crippen LogP contribution in [0.2, 0.25) is 0 Å². The van der Waals surface area contributed by atoms with E-state index in [0.29, 0.717) is 24.8 Å². The predicted octanol–water partition coefficient (Wildman–Crippen LogP) is 3.11. The highest BCUT2D eigenvalue weighted by molar-refractivity contribution is 9.08. The Labute approximate surface area is 109 Å². The van der Waals surface area contributed by atoms with E-state index in [1.807, 2.05) is 24.3 Å². The number of benzene rings is 1. The van der Waals surface area contributed by atoms with Gasteiger partial charge in [-0.3, -0.25) is 9.59 Å². The van der Waals surface area contributed by atoms with E-state index in [0.717, 1.165) is 10.9 Å². The summed E-state index contributed by atoms with van der Waals surface area (Å²) >= 11 is 3.35. The molecular weight excluding hydrogens is 284 g/mol. The zero-order chi connectivity index (χ0) is 12.7. The number of Topliss-reactive ketones (excluding diaryl/α,β-unsaturated/α-hetero) is 1. The van der Waals surface area contributed by atoms with Gasteiger partial charge in [0, 0.05) is 23.7 Å². The maximum atomic E-state index is 11.8. The number of ketones is 1. The number of esters is 1. The quantitative estimate of drug-likeness (QED) is 0.460. The summed E-state index contributed by atoms with van der Waals surface area (Å²) in [5, 5.41) is 0.782. The molecule has 17 heavy (non-hydrogen) atoms. The van der Waals surface area contributed by atoms with Crippen LogP contribution in [0.5, 0.6) is 0 Å². The molecule has 0 heterocycles. The highest BCUT2D eigenvalue weighted by Gasteiger charge is 2.07. The van der Waals surface area contributed by atoms with E-state index in [4.69, 9.17) is 0 Å². The van der Waals surface area contributed by atoms with Gasteiger partial charge in [0.2, 0.25) is 0 Å². The van der Waals surface area contributed by atoms with Crippen molar-refractivity contribution in [2.45, 2.75) is 24.6 Å². The summed E-state index contributed by atoms with van der Waals surface area (Å²) in [4.78, 5) is 22.6. The molecule has 0 saturated heterocycles. The minimum atomic E-state index is -0.271. The molecule has 0 radical (unpaired) electrons. The van der Waals surface area contributed by atoms with Crippen LogP contribution in [0, 0.1) is 0 Å². The second-order valence-electron chi connectivity index (χ2n) is 3.68. The Morgan fingerprint density at radius 3 is 2.35 bits per heavy atom. The monoisotopic (exact) mass is 298 g/mol. The first-order valence-corrected chi connectivity index (χ1v) is 6.54. The Morgan fingerprint density at radius 1 is 1.18 bits per heavy atom. The summed E-state index contributed by atoms with van der Waals surface area (Å²) < 4.78 is 4.51. The molecule has 0 saturated carbocycles. The third-order valence-corrected chi connectivity index (χ3v) is 3.09. The highest BCUT2D eigenvalue weighted by atomic mass is 79.9. The third-order valence-electron chi connectivity index (χ3n) is 2.44. The Balaban J connectivity index is 2.44. The second kappa shape index (κ2) is 7.22. The van der Waals surface area contributed by atoms with Crippen LogP contribution in [-0.2, 0) is 14.9 Å². The van der Waals surface area contributed by atoms with E-state index in [1.165, 1.54) is 7.11 Å². The van der Waals surface area contributed by atoms with Crippen molar-refractivity contribution in [2.75, 3.05) is 7.11 Å². The lowest BCUT2D eigenvalue weighted by Crippen LogP contribution is -2.03. The van der Waals surface area contributed by atoms with Gasteiger partial charge < -0.3 is 4.74 Å². The number of halogens is 1. The van der Waals surface area contributed by atoms with Crippen LogP contribution < -0.4 is 0 Å². The van der Waals surface area contributed by atoms with Gasteiger partial charge in [0.15, 0.2) is 5.78 Å². The summed E-state index contributed by atoms with van der Waals surface area (Å²) in [7, 11) is 1.35. The summed E-state index contributed by atoms with van der Waals surface area (Å²) in [6.07, 6.45) is 1.20. The lowest BCUT2D eigenvalue weighted by molar-refractivity contribution is -0.140. The normalized spacial score (nSPS) is 10.0. The molecule has 0 atom stereocenters. The molecule has 0 bridgehead atoms. The minimum Gasteiger partial charge on any atom is -0.469 e. The van der Waals surface area contributed by atoms with Crippen molar-refractivity contribution < 1.29 is 14.3 Å². The van der Waals surface area contributed by atoms with Crippen molar-refractivity contribution in [1.82, 2.24) is 0 Å². The first-order valence-electron chi connectivity index (χ1n) is 5.42. The molecule has 1 rings (SSSR count). The van der Waals surface area contributed by atoms with Crippen LogP contribution >= 0.6 is 15.9 Å². The molecule has 92 valence electrons. The van der Waals surface area contributed by atoms with Crippen LogP contribution in [0.15, 0.2) is 24.3 Å². The number of alkyl halides is 1. The van der Waals surface area contributed by atoms with E-state index in [-0.39, 0.29) is 11.8 Å². The zero-order valence-electron chi connectivity index (χ0n) is 9.74. The molecule has 0 aromatic heterocycles. The number of hydrogen-bond donors (Lipinski definition) is 0. The molecule has 0 aliphatic rings. The molecule has 0 aliphatic heterocycles. The van der Waals surface area contributed by atoms with Gasteiger partial charge in [-0.1, -0.05) is 40.2 Å². The summed E-state index contributed by atoms with van der Waals surface area (Å²) in [6, 6.07) is 7.47. The number of hydrogen-bond acceptors (Lipinski definition) is 3. The molecule has 0 amide bonds. The Kier molecular flexibility index (Phi) is 5.91. The number of ether oxygens (including phenoxy) is 1. The standard InChI is InChI=1S/C13H15BrO3/c1-17-13(16)4-2-3-12(15)11-7-5-10(9-14)6-8-11/h5-8H,2-4,9H2,1H3. The zero-order valence-corrected chi connectivity index (χ0v) is 11.3. The summed E-state index contributed by atoms with van der Waals surface area (Å²) in [5.41, 5.74) is 1.83. The summed E-state index contributed by atoms with van der Waals surface area (Å²) in [6.45, 7) is 0. The van der Waals surface area contributed by atoms with Crippen molar-refractivity contribution in [3.8, 4) is 0 Å². The molecule has 1 aromatic carbocycles. The average Bonchev–Trinajstić information content (AvgIpc) is 2.38. The Morgan fingerprint density at radius 2 is 1.82 bits per heavy atom. The van der Waals surface area contributed by atoms with Crippen LogP contribution in [-0.4, -0.2) is 18.9 Å². The smallest absolute Gasteiger partial charge is 0.305 e. The molecule has 0 fully saturated rings. The molecule has 1 aromatic rings. The van der Waals surface area contributed by atoms with Gasteiger partial charge in [-0.25, -0.2) is 0 Å². The third kappa shape index (κ3) is 4.69. The van der Waals surface area contributed by atoms with Gasteiger partial charge in [0.1, 0.15) is 0 Å². The molecule has 0 unspecified atom stereocenters. The maximum Gasteiger partial charge on any atom is 0.305 e. The van der Waals surface area contributed by atoms with Crippen molar-refractivity contribution in [1.29, 1.82) is 0 Å². The lowest BCUT2D eigenvalue weighted by Gasteiger charge is -2.02. The Hall–Kier alpha value is -1.16. The fourth-order valence-electron chi connectivity index (χ4n) is 1.42. The van der Waals surface area contributed by atoms with Crippen molar-refractivity contribution in [3.05, 3.63) is 35.4 Å². The number of carbonyl (C=O) groups is 2. The van der Waals surface area contributed by atoms with Crippen LogP contribution in [0.1, 0.15) is 35.2 Å². The number of carbonyl (C=O) groups excluding carboxylic acids is 2. The van der Waals surface area contributed by atoms with Gasteiger partial charge >= 0.3 is 5.97 Å². The van der Waals surface area contributed by atoms with Crippen LogP contribution in [0.3, 0.4) is 0 Å². The second-order valence-corrected chi connectivity index (χ2v) is 4.24. The Bertz CT molecular complexity index is 384. The van der Waals surface area contributed by atoms with Gasteiger partial charge in [-0.15, -0.1) is 0 Å². The lowest BCUT2D eigenvalue weighted by atomic mass is 10.0. The average molecular weight is 299 g/mol. The minimum absolute atomic E-state index is 0.0648.